The summed E-state index contributed by atoms with van der Waals surface area (Å²) in [7, 11) is 0. The number of hydrogen-bond donors (Lipinski definition) is 1. The number of hydrogen-bond acceptors (Lipinski definition) is 3. The highest BCUT2D eigenvalue weighted by Gasteiger charge is 2.20. The van der Waals surface area contributed by atoms with E-state index in [0.717, 1.165) is 32.5 Å². The van der Waals surface area contributed by atoms with E-state index < -0.39 is 0 Å². The molecular formula is C11H18N4O. The molecule has 1 aliphatic rings. The summed E-state index contributed by atoms with van der Waals surface area (Å²) in [5.41, 5.74) is 5.17. The van der Waals surface area contributed by atoms with Gasteiger partial charge < -0.3 is 5.73 Å². The van der Waals surface area contributed by atoms with Crippen LogP contribution in [0.5, 0.6) is 0 Å². The minimum absolute atomic E-state index is 0.231. The van der Waals surface area contributed by atoms with Crippen LogP contribution >= 0.6 is 0 Å². The minimum atomic E-state index is -0.231. The average molecular weight is 222 g/mol. The van der Waals surface area contributed by atoms with Gasteiger partial charge in [0.1, 0.15) is 0 Å². The highest BCUT2D eigenvalue weighted by Crippen LogP contribution is 2.18. The molecule has 0 saturated carbocycles. The fourth-order valence-corrected chi connectivity index (χ4v) is 2.22. The van der Waals surface area contributed by atoms with Gasteiger partial charge in [0.2, 0.25) is 5.91 Å². The maximum Gasteiger partial charge on any atom is 0.231 e. The van der Waals surface area contributed by atoms with Crippen LogP contribution in [-0.2, 0) is 11.3 Å². The highest BCUT2D eigenvalue weighted by atomic mass is 16.1. The first kappa shape index (κ1) is 11.1. The summed E-state index contributed by atoms with van der Waals surface area (Å²) in [5.74, 6) is 0.439. The molecule has 5 heteroatoms. The SMILES string of the molecule is NC(=O)CN1CCC(Cn2cccn2)CC1. The topological polar surface area (TPSA) is 64.2 Å². The van der Waals surface area contributed by atoms with E-state index in [1.54, 1.807) is 0 Å². The predicted molar refractivity (Wildman–Crippen MR) is 60.6 cm³/mol. The number of piperidine rings is 1. The third kappa shape index (κ3) is 3.06. The molecule has 0 bridgehead atoms. The van der Waals surface area contributed by atoms with Crippen LogP contribution in [0.25, 0.3) is 0 Å². The van der Waals surface area contributed by atoms with Crippen LogP contribution in [0.2, 0.25) is 0 Å². The van der Waals surface area contributed by atoms with Gasteiger partial charge in [-0.05, 0) is 37.9 Å². The van der Waals surface area contributed by atoms with E-state index in [1.807, 2.05) is 23.1 Å². The third-order valence-electron chi connectivity index (χ3n) is 3.09. The quantitative estimate of drug-likeness (QED) is 0.784. The highest BCUT2D eigenvalue weighted by molar-refractivity contribution is 5.75. The summed E-state index contributed by atoms with van der Waals surface area (Å²) >= 11 is 0. The van der Waals surface area contributed by atoms with Gasteiger partial charge in [-0.15, -0.1) is 0 Å². The van der Waals surface area contributed by atoms with Crippen LogP contribution in [-0.4, -0.2) is 40.2 Å². The standard InChI is InChI=1S/C11H18N4O/c12-11(16)9-14-6-2-10(3-7-14)8-15-5-1-4-13-15/h1,4-5,10H,2-3,6-9H2,(H2,12,16). The summed E-state index contributed by atoms with van der Waals surface area (Å²) < 4.78 is 1.98. The number of aromatic nitrogens is 2. The fraction of sp³-hybridized carbons (Fsp3) is 0.636. The number of carbonyl (C=O) groups excluding carboxylic acids is 1. The van der Waals surface area contributed by atoms with Crippen LogP contribution in [0.1, 0.15) is 12.8 Å². The van der Waals surface area contributed by atoms with Crippen LogP contribution in [0, 0.1) is 5.92 Å². The number of likely N-dealkylation sites (tertiary alicyclic amines) is 1. The third-order valence-corrected chi connectivity index (χ3v) is 3.09. The van der Waals surface area contributed by atoms with Crippen molar-refractivity contribution < 1.29 is 4.79 Å². The van der Waals surface area contributed by atoms with Gasteiger partial charge in [0.15, 0.2) is 0 Å². The largest absolute Gasteiger partial charge is 0.369 e. The molecule has 5 nitrogen and oxygen atoms in total. The molecule has 1 aromatic heterocycles. The fourth-order valence-electron chi connectivity index (χ4n) is 2.22. The Morgan fingerprint density at radius 2 is 2.19 bits per heavy atom. The lowest BCUT2D eigenvalue weighted by atomic mass is 9.97. The van der Waals surface area contributed by atoms with Crippen molar-refractivity contribution in [2.75, 3.05) is 19.6 Å². The van der Waals surface area contributed by atoms with Gasteiger partial charge >= 0.3 is 0 Å². The molecule has 1 saturated heterocycles. The number of rotatable bonds is 4. The van der Waals surface area contributed by atoms with Crippen molar-refractivity contribution in [3.05, 3.63) is 18.5 Å². The van der Waals surface area contributed by atoms with E-state index in [4.69, 9.17) is 5.73 Å². The van der Waals surface area contributed by atoms with E-state index in [-0.39, 0.29) is 5.91 Å². The van der Waals surface area contributed by atoms with Crippen molar-refractivity contribution in [3.63, 3.8) is 0 Å². The molecule has 16 heavy (non-hydrogen) atoms. The molecule has 0 radical (unpaired) electrons. The van der Waals surface area contributed by atoms with Gasteiger partial charge in [0.05, 0.1) is 6.54 Å². The lowest BCUT2D eigenvalue weighted by Crippen LogP contribution is -2.40. The van der Waals surface area contributed by atoms with Crippen molar-refractivity contribution in [1.29, 1.82) is 0 Å². The number of nitrogens with two attached hydrogens (primary N) is 1. The van der Waals surface area contributed by atoms with Gasteiger partial charge in [-0.3, -0.25) is 14.4 Å². The van der Waals surface area contributed by atoms with Crippen molar-refractivity contribution in [1.82, 2.24) is 14.7 Å². The second kappa shape index (κ2) is 5.12. The van der Waals surface area contributed by atoms with Gasteiger partial charge in [-0.1, -0.05) is 0 Å². The van der Waals surface area contributed by atoms with Gasteiger partial charge in [-0.25, -0.2) is 0 Å². The molecule has 0 aromatic carbocycles. The first-order valence-corrected chi connectivity index (χ1v) is 5.72. The second-order valence-electron chi connectivity index (χ2n) is 4.41. The predicted octanol–water partition coefficient (Wildman–Crippen LogP) is 0.0804. The van der Waals surface area contributed by atoms with Crippen LogP contribution in [0.4, 0.5) is 0 Å². The number of carbonyl (C=O) groups is 1. The Morgan fingerprint density at radius 1 is 1.44 bits per heavy atom. The zero-order valence-corrected chi connectivity index (χ0v) is 9.38. The Labute approximate surface area is 95.2 Å². The molecule has 1 fully saturated rings. The Balaban J connectivity index is 1.75. The summed E-state index contributed by atoms with van der Waals surface area (Å²) in [6, 6.07) is 1.95. The molecule has 0 spiro atoms. The molecule has 88 valence electrons. The average Bonchev–Trinajstić information content (AvgIpc) is 2.73. The second-order valence-corrected chi connectivity index (χ2v) is 4.41. The monoisotopic (exact) mass is 222 g/mol. The normalized spacial score (nSPS) is 18.8. The lowest BCUT2D eigenvalue weighted by molar-refractivity contribution is -0.119. The molecule has 2 heterocycles. The molecule has 0 atom stereocenters. The molecule has 1 amide bonds. The molecule has 2 N–H and O–H groups in total. The summed E-state index contributed by atoms with van der Waals surface area (Å²) in [5, 5.41) is 4.21. The summed E-state index contributed by atoms with van der Waals surface area (Å²) in [4.78, 5) is 12.9. The van der Waals surface area contributed by atoms with Crippen molar-refractivity contribution in [3.8, 4) is 0 Å². The first-order chi connectivity index (χ1) is 7.74. The molecule has 0 aliphatic carbocycles. The zero-order valence-electron chi connectivity index (χ0n) is 9.38. The van der Waals surface area contributed by atoms with Gasteiger partial charge in [0, 0.05) is 18.9 Å². The first-order valence-electron chi connectivity index (χ1n) is 5.72. The Morgan fingerprint density at radius 3 is 2.75 bits per heavy atom. The van der Waals surface area contributed by atoms with Crippen LogP contribution in [0.3, 0.4) is 0 Å². The number of primary amides is 1. The molecule has 2 rings (SSSR count). The number of nitrogens with zero attached hydrogens (tertiary/aromatic N) is 3. The maximum atomic E-state index is 10.8. The van der Waals surface area contributed by atoms with Gasteiger partial charge in [0.25, 0.3) is 0 Å². The Kier molecular flexibility index (Phi) is 3.56. The zero-order chi connectivity index (χ0) is 11.4. The summed E-state index contributed by atoms with van der Waals surface area (Å²) in [6.07, 6.45) is 6.04. The smallest absolute Gasteiger partial charge is 0.231 e. The molecular weight excluding hydrogens is 204 g/mol. The Hall–Kier alpha value is -1.36. The minimum Gasteiger partial charge on any atom is -0.369 e. The van der Waals surface area contributed by atoms with Crippen LogP contribution < -0.4 is 5.73 Å². The van der Waals surface area contributed by atoms with E-state index in [2.05, 4.69) is 10.00 Å². The van der Waals surface area contributed by atoms with Gasteiger partial charge in [-0.2, -0.15) is 5.10 Å². The summed E-state index contributed by atoms with van der Waals surface area (Å²) in [6.45, 7) is 3.32. The van der Waals surface area contributed by atoms with E-state index in [1.165, 1.54) is 0 Å². The van der Waals surface area contributed by atoms with E-state index in [9.17, 15) is 4.79 Å². The van der Waals surface area contributed by atoms with Crippen molar-refractivity contribution >= 4 is 5.91 Å². The molecule has 1 aromatic rings. The van der Waals surface area contributed by atoms with E-state index >= 15 is 0 Å². The molecule has 0 unspecified atom stereocenters. The lowest BCUT2D eigenvalue weighted by Gasteiger charge is -2.30. The number of amides is 1. The van der Waals surface area contributed by atoms with E-state index in [0.29, 0.717) is 12.5 Å². The maximum absolute atomic E-state index is 10.8. The Bertz CT molecular complexity index is 328. The van der Waals surface area contributed by atoms with Crippen molar-refractivity contribution in [2.45, 2.75) is 19.4 Å². The molecule has 1 aliphatic heterocycles. The van der Waals surface area contributed by atoms with Crippen molar-refractivity contribution in [2.24, 2.45) is 11.7 Å². The van der Waals surface area contributed by atoms with Crippen LogP contribution in [0.15, 0.2) is 18.5 Å².